The van der Waals surface area contributed by atoms with Crippen LogP contribution in [0.5, 0.6) is 0 Å². The lowest BCUT2D eigenvalue weighted by molar-refractivity contribution is -0.142. The maximum atomic E-state index is 12.2. The Bertz CT molecular complexity index is 770. The van der Waals surface area contributed by atoms with Crippen molar-refractivity contribution < 1.29 is 14.3 Å². The third kappa shape index (κ3) is 4.02. The van der Waals surface area contributed by atoms with Crippen LogP contribution >= 0.6 is 11.6 Å². The van der Waals surface area contributed by atoms with Crippen LogP contribution in [-0.4, -0.2) is 28.8 Å². The van der Waals surface area contributed by atoms with Crippen LogP contribution in [-0.2, 0) is 33.8 Å². The van der Waals surface area contributed by atoms with E-state index < -0.39 is 0 Å². The van der Waals surface area contributed by atoms with Gasteiger partial charge in [-0.05, 0) is 37.0 Å². The molecule has 0 unspecified atom stereocenters. The van der Waals surface area contributed by atoms with E-state index in [9.17, 15) is 9.59 Å². The van der Waals surface area contributed by atoms with Crippen molar-refractivity contribution in [3.8, 4) is 0 Å². The van der Waals surface area contributed by atoms with Crippen LogP contribution in [0.4, 0.5) is 0 Å². The van der Waals surface area contributed by atoms with E-state index in [0.29, 0.717) is 11.6 Å². The number of carbonyl (C=O) groups excluding carboxylic acids is 2. The third-order valence-electron chi connectivity index (χ3n) is 4.44. The lowest BCUT2D eigenvalue weighted by Gasteiger charge is -2.21. The van der Waals surface area contributed by atoms with Crippen molar-refractivity contribution in [2.45, 2.75) is 38.3 Å². The van der Waals surface area contributed by atoms with E-state index in [0.717, 1.165) is 36.1 Å². The normalized spacial score (nSPS) is 16.2. The lowest BCUT2D eigenvalue weighted by Crippen LogP contribution is -2.29. The van der Waals surface area contributed by atoms with E-state index in [1.165, 1.54) is 7.11 Å². The molecule has 1 amide bonds. The van der Waals surface area contributed by atoms with E-state index in [2.05, 4.69) is 10.4 Å². The summed E-state index contributed by atoms with van der Waals surface area (Å²) in [5.41, 5.74) is 2.80. The average molecular weight is 362 g/mol. The highest BCUT2D eigenvalue weighted by molar-refractivity contribution is 6.30. The number of halogens is 1. The van der Waals surface area contributed by atoms with E-state index in [1.807, 2.05) is 12.1 Å². The molecule has 1 N–H and O–H groups in total. The zero-order chi connectivity index (χ0) is 17.8. The van der Waals surface area contributed by atoms with Gasteiger partial charge in [-0.25, -0.2) is 0 Å². The number of aromatic nitrogens is 2. The lowest BCUT2D eigenvalue weighted by atomic mass is 9.87. The molecule has 0 bridgehead atoms. The van der Waals surface area contributed by atoms with Gasteiger partial charge in [0.15, 0.2) is 0 Å². The minimum atomic E-state index is -0.278. The average Bonchev–Trinajstić information content (AvgIpc) is 3.03. The largest absolute Gasteiger partial charge is 0.469 e. The molecule has 0 spiro atoms. The van der Waals surface area contributed by atoms with Gasteiger partial charge < -0.3 is 10.1 Å². The Kier molecular flexibility index (Phi) is 5.38. The Hall–Kier alpha value is -2.34. The molecule has 0 fully saturated rings. The highest BCUT2D eigenvalue weighted by atomic mass is 35.5. The van der Waals surface area contributed by atoms with Crippen molar-refractivity contribution in [2.75, 3.05) is 7.11 Å². The van der Waals surface area contributed by atoms with Crippen LogP contribution in [0.25, 0.3) is 0 Å². The van der Waals surface area contributed by atoms with Gasteiger partial charge in [-0.15, -0.1) is 0 Å². The molecular weight excluding hydrogens is 342 g/mol. The summed E-state index contributed by atoms with van der Waals surface area (Å²) in [4.78, 5) is 24.1. The van der Waals surface area contributed by atoms with Gasteiger partial charge in [-0.1, -0.05) is 23.7 Å². The number of amides is 1. The van der Waals surface area contributed by atoms with E-state index in [1.54, 1.807) is 23.0 Å². The van der Waals surface area contributed by atoms with Gasteiger partial charge >= 0.3 is 5.97 Å². The fourth-order valence-corrected chi connectivity index (χ4v) is 3.26. The van der Waals surface area contributed by atoms with Crippen molar-refractivity contribution in [2.24, 2.45) is 0 Å². The van der Waals surface area contributed by atoms with Crippen LogP contribution in [0, 0.1) is 0 Å². The van der Waals surface area contributed by atoms with Crippen LogP contribution in [0.1, 0.15) is 35.6 Å². The summed E-state index contributed by atoms with van der Waals surface area (Å²) in [6.45, 7) is 0.570. The van der Waals surface area contributed by atoms with Crippen LogP contribution in [0.2, 0.25) is 5.02 Å². The quantitative estimate of drug-likeness (QED) is 0.830. The van der Waals surface area contributed by atoms with Crippen molar-refractivity contribution in [1.29, 1.82) is 0 Å². The number of nitrogens with zero attached hydrogens (tertiary/aromatic N) is 2. The van der Waals surface area contributed by atoms with Gasteiger partial charge in [-0.2, -0.15) is 5.10 Å². The van der Waals surface area contributed by atoms with E-state index >= 15 is 0 Å². The molecule has 0 saturated carbocycles. The van der Waals surface area contributed by atoms with Crippen molar-refractivity contribution >= 4 is 23.5 Å². The Morgan fingerprint density at radius 3 is 2.84 bits per heavy atom. The second-order valence-electron chi connectivity index (χ2n) is 6.08. The van der Waals surface area contributed by atoms with Crippen molar-refractivity contribution in [1.82, 2.24) is 15.1 Å². The number of benzene rings is 1. The molecule has 6 nitrogen and oxygen atoms in total. The summed E-state index contributed by atoms with van der Waals surface area (Å²) in [5.74, 6) is -0.645. The molecule has 0 saturated heterocycles. The molecule has 1 aromatic carbocycles. The molecular formula is C18H20ClN3O3. The number of carbonyl (C=O) groups is 2. The zero-order valence-electron chi connectivity index (χ0n) is 14.0. The molecule has 1 heterocycles. The maximum Gasteiger partial charge on any atom is 0.313 e. The smallest absolute Gasteiger partial charge is 0.313 e. The zero-order valence-corrected chi connectivity index (χ0v) is 14.8. The summed E-state index contributed by atoms with van der Waals surface area (Å²) < 4.78 is 6.55. The van der Waals surface area contributed by atoms with Gasteiger partial charge in [0.1, 0.15) is 6.54 Å². The molecule has 1 aromatic heterocycles. The Morgan fingerprint density at radius 1 is 1.36 bits per heavy atom. The minimum absolute atomic E-state index is 0.124. The molecule has 1 atom stereocenters. The first kappa shape index (κ1) is 17.5. The SMILES string of the molecule is COC(=O)[C@@H]1CCCc2c1cnn2CC(=O)NCc1ccc(Cl)cc1. The highest BCUT2D eigenvalue weighted by Gasteiger charge is 2.30. The summed E-state index contributed by atoms with van der Waals surface area (Å²) in [7, 11) is 1.39. The molecule has 25 heavy (non-hydrogen) atoms. The number of ether oxygens (including phenoxy) is 1. The first-order valence-corrected chi connectivity index (χ1v) is 8.60. The molecule has 1 aliphatic rings. The van der Waals surface area contributed by atoms with Gasteiger partial charge in [0, 0.05) is 22.8 Å². The highest BCUT2D eigenvalue weighted by Crippen LogP contribution is 2.32. The third-order valence-corrected chi connectivity index (χ3v) is 4.70. The second kappa shape index (κ2) is 7.70. The number of fused-ring (bicyclic) bond motifs is 1. The first-order valence-electron chi connectivity index (χ1n) is 8.22. The predicted octanol–water partition coefficient (Wildman–Crippen LogP) is 2.45. The first-order chi connectivity index (χ1) is 12.1. The summed E-state index contributed by atoms with van der Waals surface area (Å²) in [6.07, 6.45) is 4.13. The molecule has 1 aliphatic carbocycles. The number of esters is 1. The Morgan fingerprint density at radius 2 is 2.12 bits per heavy atom. The van der Waals surface area contributed by atoms with Gasteiger partial charge in [0.2, 0.25) is 5.91 Å². The number of methoxy groups -OCH3 is 1. The molecule has 3 rings (SSSR count). The molecule has 7 heteroatoms. The van der Waals surface area contributed by atoms with Crippen molar-refractivity contribution in [3.05, 3.63) is 52.3 Å². The van der Waals surface area contributed by atoms with Crippen LogP contribution in [0.3, 0.4) is 0 Å². The number of rotatable bonds is 5. The molecule has 0 radical (unpaired) electrons. The second-order valence-corrected chi connectivity index (χ2v) is 6.51. The monoisotopic (exact) mass is 361 g/mol. The van der Waals surface area contributed by atoms with Gasteiger partial charge in [-0.3, -0.25) is 14.3 Å². The van der Waals surface area contributed by atoms with Crippen molar-refractivity contribution in [3.63, 3.8) is 0 Å². The summed E-state index contributed by atoms with van der Waals surface area (Å²) in [6, 6.07) is 7.33. The summed E-state index contributed by atoms with van der Waals surface area (Å²) in [5, 5.41) is 7.84. The Balaban J connectivity index is 1.63. The standard InChI is InChI=1S/C18H20ClN3O3/c1-25-18(24)14-3-2-4-16-15(14)10-21-22(16)11-17(23)20-9-12-5-7-13(19)8-6-12/h5-8,10,14H,2-4,9,11H2,1H3,(H,20,23)/t14-/m1/s1. The predicted molar refractivity (Wildman–Crippen MR) is 93.2 cm³/mol. The minimum Gasteiger partial charge on any atom is -0.469 e. The van der Waals surface area contributed by atoms with E-state index in [-0.39, 0.29) is 24.3 Å². The van der Waals surface area contributed by atoms with Gasteiger partial charge in [0.25, 0.3) is 0 Å². The van der Waals surface area contributed by atoms with Crippen LogP contribution < -0.4 is 5.32 Å². The maximum absolute atomic E-state index is 12.2. The fourth-order valence-electron chi connectivity index (χ4n) is 3.14. The van der Waals surface area contributed by atoms with E-state index in [4.69, 9.17) is 16.3 Å². The molecule has 132 valence electrons. The number of hydrogen-bond donors (Lipinski definition) is 1. The molecule has 0 aliphatic heterocycles. The topological polar surface area (TPSA) is 73.2 Å². The van der Waals surface area contributed by atoms with Crippen LogP contribution in [0.15, 0.2) is 30.5 Å². The number of nitrogens with one attached hydrogen (secondary N) is 1. The Labute approximate surface area is 151 Å². The van der Waals surface area contributed by atoms with Gasteiger partial charge in [0.05, 0.1) is 19.2 Å². The molecule has 2 aromatic rings. The summed E-state index contributed by atoms with van der Waals surface area (Å²) >= 11 is 5.85. The fraction of sp³-hybridized carbons (Fsp3) is 0.389. The number of hydrogen-bond acceptors (Lipinski definition) is 4.